The lowest BCUT2D eigenvalue weighted by atomic mass is 10.2. The molecule has 1 aliphatic carbocycles. The SMILES string of the molecule is O=C(O)N(CCCCN(Cc1ccccc1)C1CC1)Cc1cc(CO)ccn1. The van der Waals surface area contributed by atoms with Gasteiger partial charge in [-0.05, 0) is 55.5 Å². The summed E-state index contributed by atoms with van der Waals surface area (Å²) < 4.78 is 0. The quantitative estimate of drug-likeness (QED) is 0.581. The number of hydrogen-bond acceptors (Lipinski definition) is 4. The van der Waals surface area contributed by atoms with Crippen LogP contribution < -0.4 is 0 Å². The van der Waals surface area contributed by atoms with Crippen LogP contribution in [0.2, 0.25) is 0 Å². The average Bonchev–Trinajstić information content (AvgIpc) is 3.55. The Morgan fingerprint density at radius 2 is 1.79 bits per heavy atom. The molecule has 1 heterocycles. The summed E-state index contributed by atoms with van der Waals surface area (Å²) in [5, 5.41) is 18.7. The number of rotatable bonds is 11. The zero-order valence-corrected chi connectivity index (χ0v) is 16.2. The third-order valence-corrected chi connectivity index (χ3v) is 5.10. The molecule has 0 radical (unpaired) electrons. The van der Waals surface area contributed by atoms with Crippen LogP contribution in [0, 0.1) is 0 Å². The summed E-state index contributed by atoms with van der Waals surface area (Å²) in [4.78, 5) is 19.7. The van der Waals surface area contributed by atoms with Crippen molar-refractivity contribution in [2.45, 2.75) is 51.4 Å². The highest BCUT2D eigenvalue weighted by molar-refractivity contribution is 5.64. The van der Waals surface area contributed by atoms with E-state index in [4.69, 9.17) is 0 Å². The summed E-state index contributed by atoms with van der Waals surface area (Å²) >= 11 is 0. The molecular formula is C22H29N3O3. The van der Waals surface area contributed by atoms with Crippen LogP contribution in [-0.4, -0.2) is 50.2 Å². The Morgan fingerprint density at radius 1 is 1.04 bits per heavy atom. The zero-order chi connectivity index (χ0) is 19.8. The molecule has 1 amide bonds. The topological polar surface area (TPSA) is 76.9 Å². The van der Waals surface area contributed by atoms with Gasteiger partial charge in [-0.1, -0.05) is 30.3 Å². The second-order valence-electron chi connectivity index (χ2n) is 7.41. The standard InChI is InChI=1S/C22H29N3O3/c26-17-19-10-11-23-20(14-19)16-25(22(27)28)13-5-4-12-24(21-8-9-21)15-18-6-2-1-3-7-18/h1-3,6-7,10-11,14,21,26H,4-5,8-9,12-13,15-17H2,(H,27,28). The molecule has 0 saturated heterocycles. The van der Waals surface area contributed by atoms with Crippen molar-refractivity contribution >= 4 is 6.09 Å². The molecular weight excluding hydrogens is 354 g/mol. The molecule has 0 spiro atoms. The molecule has 0 atom stereocenters. The third-order valence-electron chi connectivity index (χ3n) is 5.10. The van der Waals surface area contributed by atoms with Gasteiger partial charge in [0.05, 0.1) is 18.8 Å². The fraction of sp³-hybridized carbons (Fsp3) is 0.455. The highest BCUT2D eigenvalue weighted by Crippen LogP contribution is 2.28. The van der Waals surface area contributed by atoms with Gasteiger partial charge in [0.25, 0.3) is 0 Å². The van der Waals surface area contributed by atoms with E-state index in [1.807, 2.05) is 6.07 Å². The van der Waals surface area contributed by atoms with E-state index in [0.717, 1.165) is 31.5 Å². The van der Waals surface area contributed by atoms with E-state index >= 15 is 0 Å². The normalized spacial score (nSPS) is 13.6. The largest absolute Gasteiger partial charge is 0.465 e. The van der Waals surface area contributed by atoms with Gasteiger partial charge in [-0.25, -0.2) is 4.79 Å². The van der Waals surface area contributed by atoms with E-state index < -0.39 is 6.09 Å². The second-order valence-corrected chi connectivity index (χ2v) is 7.41. The molecule has 0 bridgehead atoms. The number of aliphatic hydroxyl groups excluding tert-OH is 1. The molecule has 28 heavy (non-hydrogen) atoms. The number of hydrogen-bond donors (Lipinski definition) is 2. The molecule has 0 unspecified atom stereocenters. The lowest BCUT2D eigenvalue weighted by Gasteiger charge is -2.23. The van der Waals surface area contributed by atoms with Gasteiger partial charge in [0.1, 0.15) is 0 Å². The van der Waals surface area contributed by atoms with Gasteiger partial charge in [-0.2, -0.15) is 0 Å². The van der Waals surface area contributed by atoms with Gasteiger partial charge in [-0.3, -0.25) is 9.88 Å². The lowest BCUT2D eigenvalue weighted by molar-refractivity contribution is 0.139. The minimum atomic E-state index is -0.931. The summed E-state index contributed by atoms with van der Waals surface area (Å²) in [6.07, 6.45) is 5.00. The van der Waals surface area contributed by atoms with Gasteiger partial charge in [0.2, 0.25) is 0 Å². The highest BCUT2D eigenvalue weighted by Gasteiger charge is 2.28. The van der Waals surface area contributed by atoms with Gasteiger partial charge in [0, 0.05) is 25.3 Å². The molecule has 6 heteroatoms. The molecule has 2 N–H and O–H groups in total. The van der Waals surface area contributed by atoms with Gasteiger partial charge in [0.15, 0.2) is 0 Å². The summed E-state index contributed by atoms with van der Waals surface area (Å²) in [5.41, 5.74) is 2.74. The Hall–Kier alpha value is -2.44. The number of aliphatic hydroxyl groups is 1. The number of aromatic nitrogens is 1. The predicted molar refractivity (Wildman–Crippen MR) is 108 cm³/mol. The maximum absolute atomic E-state index is 11.6. The molecule has 150 valence electrons. The number of pyridine rings is 1. The van der Waals surface area contributed by atoms with E-state index in [0.29, 0.717) is 18.3 Å². The zero-order valence-electron chi connectivity index (χ0n) is 16.2. The van der Waals surface area contributed by atoms with E-state index in [1.165, 1.54) is 23.3 Å². The van der Waals surface area contributed by atoms with Crippen LogP contribution in [0.5, 0.6) is 0 Å². The first-order valence-electron chi connectivity index (χ1n) is 9.96. The number of carboxylic acid groups (broad SMARTS) is 1. The lowest BCUT2D eigenvalue weighted by Crippen LogP contribution is -2.31. The Labute approximate surface area is 166 Å². The van der Waals surface area contributed by atoms with Gasteiger partial charge in [-0.15, -0.1) is 0 Å². The maximum atomic E-state index is 11.6. The van der Waals surface area contributed by atoms with Crippen LogP contribution in [0.3, 0.4) is 0 Å². The molecule has 2 aromatic rings. The van der Waals surface area contributed by atoms with Crippen molar-refractivity contribution in [3.8, 4) is 0 Å². The van der Waals surface area contributed by atoms with Crippen LogP contribution in [0.25, 0.3) is 0 Å². The number of amides is 1. The summed E-state index contributed by atoms with van der Waals surface area (Å²) in [7, 11) is 0. The maximum Gasteiger partial charge on any atom is 0.407 e. The number of unbranched alkanes of at least 4 members (excludes halogenated alkanes) is 1. The molecule has 1 aromatic heterocycles. The van der Waals surface area contributed by atoms with Crippen molar-refractivity contribution in [3.63, 3.8) is 0 Å². The van der Waals surface area contributed by atoms with Gasteiger partial charge < -0.3 is 15.1 Å². The van der Waals surface area contributed by atoms with E-state index in [1.54, 1.807) is 18.3 Å². The first-order chi connectivity index (χ1) is 13.7. The summed E-state index contributed by atoms with van der Waals surface area (Å²) in [5.74, 6) is 0. The third kappa shape index (κ3) is 6.32. The minimum Gasteiger partial charge on any atom is -0.465 e. The Kier molecular flexibility index (Phi) is 7.39. The van der Waals surface area contributed by atoms with Crippen LogP contribution >= 0.6 is 0 Å². The van der Waals surface area contributed by atoms with Crippen LogP contribution in [-0.2, 0) is 19.7 Å². The van der Waals surface area contributed by atoms with Gasteiger partial charge >= 0.3 is 6.09 Å². The highest BCUT2D eigenvalue weighted by atomic mass is 16.4. The van der Waals surface area contributed by atoms with Crippen molar-refractivity contribution in [1.29, 1.82) is 0 Å². The predicted octanol–water partition coefficient (Wildman–Crippen LogP) is 3.50. The van der Waals surface area contributed by atoms with Crippen LogP contribution in [0.1, 0.15) is 42.5 Å². The number of benzene rings is 1. The fourth-order valence-corrected chi connectivity index (χ4v) is 3.42. The van der Waals surface area contributed by atoms with Crippen molar-refractivity contribution < 1.29 is 15.0 Å². The van der Waals surface area contributed by atoms with Crippen molar-refractivity contribution in [1.82, 2.24) is 14.8 Å². The molecule has 6 nitrogen and oxygen atoms in total. The van der Waals surface area contributed by atoms with Crippen molar-refractivity contribution in [3.05, 3.63) is 65.5 Å². The second kappa shape index (κ2) is 10.2. The van der Waals surface area contributed by atoms with Crippen molar-refractivity contribution in [2.75, 3.05) is 13.1 Å². The van der Waals surface area contributed by atoms with E-state index in [-0.39, 0.29) is 13.2 Å². The van der Waals surface area contributed by atoms with Crippen LogP contribution in [0.4, 0.5) is 4.79 Å². The molecule has 1 aliphatic rings. The monoisotopic (exact) mass is 383 g/mol. The van der Waals surface area contributed by atoms with E-state index in [9.17, 15) is 15.0 Å². The Balaban J connectivity index is 1.46. The van der Waals surface area contributed by atoms with E-state index in [2.05, 4.69) is 34.1 Å². The van der Waals surface area contributed by atoms with Crippen molar-refractivity contribution in [2.24, 2.45) is 0 Å². The Morgan fingerprint density at radius 3 is 2.46 bits per heavy atom. The molecule has 1 saturated carbocycles. The first-order valence-corrected chi connectivity index (χ1v) is 9.96. The molecule has 1 aromatic carbocycles. The smallest absolute Gasteiger partial charge is 0.407 e. The molecule has 1 fully saturated rings. The Bertz CT molecular complexity index is 750. The average molecular weight is 383 g/mol. The molecule has 3 rings (SSSR count). The molecule has 0 aliphatic heterocycles. The number of carbonyl (C=O) groups is 1. The summed E-state index contributed by atoms with van der Waals surface area (Å²) in [6, 6.07) is 14.7. The first kappa shape index (κ1) is 20.3. The fourth-order valence-electron chi connectivity index (χ4n) is 3.42. The number of nitrogens with zero attached hydrogens (tertiary/aromatic N) is 3. The summed E-state index contributed by atoms with van der Waals surface area (Å²) in [6.45, 7) is 2.63. The van der Waals surface area contributed by atoms with Crippen LogP contribution in [0.15, 0.2) is 48.7 Å². The minimum absolute atomic E-state index is 0.0684.